The van der Waals surface area contributed by atoms with Gasteiger partial charge in [-0.05, 0) is 19.3 Å². The maximum Gasteiger partial charge on any atom is 0.326 e. The highest BCUT2D eigenvalue weighted by molar-refractivity contribution is 5.94. The number of nitrogens with one attached hydrogen (secondary N) is 4. The van der Waals surface area contributed by atoms with E-state index in [-0.39, 0.29) is 25.3 Å². The van der Waals surface area contributed by atoms with E-state index in [1.54, 1.807) is 0 Å². The Kier molecular flexibility index (Phi) is 13.0. The molecule has 3 amide bonds. The lowest BCUT2D eigenvalue weighted by molar-refractivity contribution is -0.143. The lowest BCUT2D eigenvalue weighted by atomic mass is 10.1. The number of carboxylic acid groups (broad SMARTS) is 2. The van der Waals surface area contributed by atoms with E-state index >= 15 is 0 Å². The van der Waals surface area contributed by atoms with Crippen molar-refractivity contribution in [3.05, 3.63) is 18.2 Å². The molecule has 0 spiro atoms. The summed E-state index contributed by atoms with van der Waals surface area (Å²) in [6.45, 7) is -0.656. The molecule has 0 aliphatic carbocycles. The molecule has 0 bridgehead atoms. The Balaban J connectivity index is 2.87. The van der Waals surface area contributed by atoms with E-state index in [1.165, 1.54) is 12.5 Å². The van der Waals surface area contributed by atoms with Crippen LogP contribution in [-0.2, 0) is 30.4 Å². The van der Waals surface area contributed by atoms with Crippen LogP contribution in [-0.4, -0.2) is 98.2 Å². The van der Waals surface area contributed by atoms with Crippen LogP contribution in [0.25, 0.3) is 0 Å². The van der Waals surface area contributed by atoms with Crippen LogP contribution in [0.5, 0.6) is 0 Å². The van der Waals surface area contributed by atoms with E-state index in [2.05, 4.69) is 30.9 Å². The van der Waals surface area contributed by atoms with Gasteiger partial charge in [0.2, 0.25) is 17.7 Å². The third-order valence-electron chi connectivity index (χ3n) is 4.99. The summed E-state index contributed by atoms with van der Waals surface area (Å²) >= 11 is 0. The third kappa shape index (κ3) is 11.8. The topological polar surface area (TPSA) is 301 Å². The van der Waals surface area contributed by atoms with Crippen molar-refractivity contribution in [1.82, 2.24) is 25.9 Å². The second-order valence-electron chi connectivity index (χ2n) is 7.97. The maximum atomic E-state index is 12.9. The first-order valence-corrected chi connectivity index (χ1v) is 11.2. The first-order valence-electron chi connectivity index (χ1n) is 11.2. The normalized spacial score (nSPS) is 13.9. The van der Waals surface area contributed by atoms with Gasteiger partial charge in [0.1, 0.15) is 18.1 Å². The van der Waals surface area contributed by atoms with E-state index in [9.17, 15) is 34.2 Å². The lowest BCUT2D eigenvalue weighted by Crippen LogP contribution is -2.58. The van der Waals surface area contributed by atoms with Gasteiger partial charge in [-0.2, -0.15) is 0 Å². The van der Waals surface area contributed by atoms with Crippen molar-refractivity contribution in [1.29, 1.82) is 0 Å². The molecule has 13 N–H and O–H groups in total. The van der Waals surface area contributed by atoms with E-state index in [0.29, 0.717) is 12.1 Å². The number of aromatic amines is 1. The zero-order valence-corrected chi connectivity index (χ0v) is 19.9. The number of hydrogen-bond donors (Lipinski definition) is 10. The highest BCUT2D eigenvalue weighted by atomic mass is 16.4. The summed E-state index contributed by atoms with van der Waals surface area (Å²) in [6, 6.07) is -5.41. The Hall–Kier alpha value is -4.25. The Morgan fingerprint density at radius 1 is 0.973 bits per heavy atom. The summed E-state index contributed by atoms with van der Waals surface area (Å²) in [5.74, 6) is -5.46. The molecule has 0 fully saturated rings. The Labute approximate surface area is 211 Å². The first kappa shape index (κ1) is 30.8. The van der Waals surface area contributed by atoms with Crippen LogP contribution in [0.2, 0.25) is 0 Å². The number of carboxylic acids is 2. The van der Waals surface area contributed by atoms with Gasteiger partial charge in [-0.1, -0.05) is 0 Å². The summed E-state index contributed by atoms with van der Waals surface area (Å²) in [6.07, 6.45) is 2.35. The predicted molar refractivity (Wildman–Crippen MR) is 128 cm³/mol. The molecular formula is C20H33N9O8. The fourth-order valence-corrected chi connectivity index (χ4v) is 3.02. The summed E-state index contributed by atoms with van der Waals surface area (Å²) in [4.78, 5) is 70.5. The third-order valence-corrected chi connectivity index (χ3v) is 4.99. The first-order chi connectivity index (χ1) is 17.4. The SMILES string of the molecule is NC(N)=NCCCC(N)C(=O)NC(Cc1cnc[nH]1)C(=O)NC(CO)C(=O)NC(CCC(=O)O)C(=O)O. The Morgan fingerprint density at radius 2 is 1.59 bits per heavy atom. The fraction of sp³-hybridized carbons (Fsp3) is 0.550. The molecule has 0 radical (unpaired) electrons. The van der Waals surface area contributed by atoms with Gasteiger partial charge in [0, 0.05) is 31.3 Å². The van der Waals surface area contributed by atoms with Gasteiger partial charge in [0.25, 0.3) is 0 Å². The molecule has 206 valence electrons. The molecule has 1 rings (SSSR count). The summed E-state index contributed by atoms with van der Waals surface area (Å²) in [5.41, 5.74) is 16.8. The second-order valence-corrected chi connectivity index (χ2v) is 7.97. The minimum atomic E-state index is -1.59. The summed E-state index contributed by atoms with van der Waals surface area (Å²) in [5, 5.41) is 34.4. The van der Waals surface area contributed by atoms with Crippen LogP contribution in [0.15, 0.2) is 17.5 Å². The van der Waals surface area contributed by atoms with Gasteiger partial charge in [0.15, 0.2) is 5.96 Å². The average molecular weight is 528 g/mol. The summed E-state index contributed by atoms with van der Waals surface area (Å²) in [7, 11) is 0. The van der Waals surface area contributed by atoms with Gasteiger partial charge in [-0.3, -0.25) is 24.2 Å². The van der Waals surface area contributed by atoms with Crippen LogP contribution in [0.4, 0.5) is 0 Å². The molecule has 1 aromatic rings. The number of guanidine groups is 1. The van der Waals surface area contributed by atoms with Crippen LogP contribution >= 0.6 is 0 Å². The zero-order chi connectivity index (χ0) is 28.0. The second kappa shape index (κ2) is 15.7. The summed E-state index contributed by atoms with van der Waals surface area (Å²) < 4.78 is 0. The van der Waals surface area contributed by atoms with Crippen molar-refractivity contribution in [2.75, 3.05) is 13.2 Å². The number of rotatable bonds is 17. The number of amides is 3. The number of aliphatic hydroxyl groups is 1. The van der Waals surface area contributed by atoms with Crippen LogP contribution in [0, 0.1) is 0 Å². The highest BCUT2D eigenvalue weighted by Gasteiger charge is 2.30. The van der Waals surface area contributed by atoms with E-state index < -0.39 is 73.3 Å². The largest absolute Gasteiger partial charge is 0.481 e. The molecule has 0 aliphatic heterocycles. The van der Waals surface area contributed by atoms with Gasteiger partial charge in [-0.15, -0.1) is 0 Å². The molecule has 17 heteroatoms. The van der Waals surface area contributed by atoms with Crippen molar-refractivity contribution >= 4 is 35.6 Å². The molecule has 0 aromatic carbocycles. The Bertz CT molecular complexity index is 950. The number of hydrogen-bond acceptors (Lipinski definition) is 9. The van der Waals surface area contributed by atoms with Gasteiger partial charge >= 0.3 is 11.9 Å². The van der Waals surface area contributed by atoms with Crippen molar-refractivity contribution in [3.8, 4) is 0 Å². The molecule has 4 unspecified atom stereocenters. The van der Waals surface area contributed by atoms with Crippen molar-refractivity contribution in [2.45, 2.75) is 56.3 Å². The monoisotopic (exact) mass is 527 g/mol. The minimum Gasteiger partial charge on any atom is -0.481 e. The number of nitrogens with two attached hydrogens (primary N) is 3. The highest BCUT2D eigenvalue weighted by Crippen LogP contribution is 2.04. The molecule has 4 atom stereocenters. The number of H-pyrrole nitrogens is 1. The standard InChI is InChI=1S/C20H33N9O8/c21-11(2-1-5-25-20(22)23)16(33)28-13(6-10-7-24-9-26-10)17(34)29-14(8-30)18(35)27-12(19(36)37)3-4-15(31)32/h7,9,11-14,30H,1-6,8,21H2,(H,24,26)(H,27,35)(H,28,33)(H,29,34)(H,31,32)(H,36,37)(H4,22,23,25). The number of nitrogens with zero attached hydrogens (tertiary/aromatic N) is 2. The number of carbonyl (C=O) groups is 5. The van der Waals surface area contributed by atoms with Crippen LogP contribution in [0.3, 0.4) is 0 Å². The molecule has 1 aromatic heterocycles. The quantitative estimate of drug-likeness (QED) is 0.0523. The molecule has 0 aliphatic rings. The fourth-order valence-electron chi connectivity index (χ4n) is 3.02. The Morgan fingerprint density at radius 3 is 2.14 bits per heavy atom. The number of carbonyl (C=O) groups excluding carboxylic acids is 3. The molecule has 37 heavy (non-hydrogen) atoms. The van der Waals surface area contributed by atoms with Crippen molar-refractivity contribution in [2.24, 2.45) is 22.2 Å². The van der Waals surface area contributed by atoms with Crippen LogP contribution in [0.1, 0.15) is 31.4 Å². The number of aromatic nitrogens is 2. The average Bonchev–Trinajstić information content (AvgIpc) is 3.34. The number of aliphatic hydroxyl groups excluding tert-OH is 1. The molecule has 1 heterocycles. The molecule has 17 nitrogen and oxygen atoms in total. The van der Waals surface area contributed by atoms with Crippen molar-refractivity contribution < 1.29 is 39.3 Å². The van der Waals surface area contributed by atoms with E-state index in [4.69, 9.17) is 22.3 Å². The predicted octanol–water partition coefficient (Wildman–Crippen LogP) is -4.27. The molecule has 0 saturated carbocycles. The van der Waals surface area contributed by atoms with Crippen LogP contribution < -0.4 is 33.2 Å². The van der Waals surface area contributed by atoms with Crippen molar-refractivity contribution in [3.63, 3.8) is 0 Å². The maximum absolute atomic E-state index is 12.9. The molecule has 0 saturated heterocycles. The number of imidazole rings is 1. The van der Waals surface area contributed by atoms with E-state index in [1.807, 2.05) is 0 Å². The van der Waals surface area contributed by atoms with Gasteiger partial charge < -0.3 is 53.5 Å². The lowest BCUT2D eigenvalue weighted by Gasteiger charge is -2.24. The van der Waals surface area contributed by atoms with Gasteiger partial charge in [0.05, 0.1) is 19.0 Å². The smallest absolute Gasteiger partial charge is 0.326 e. The van der Waals surface area contributed by atoms with E-state index in [0.717, 1.165) is 0 Å². The molecular weight excluding hydrogens is 494 g/mol. The minimum absolute atomic E-state index is 0.0750. The van der Waals surface area contributed by atoms with Gasteiger partial charge in [-0.25, -0.2) is 9.78 Å². The number of aliphatic carboxylic acids is 2. The zero-order valence-electron chi connectivity index (χ0n) is 19.9. The number of aliphatic imine (C=N–C) groups is 1.